The molecule has 23 heavy (non-hydrogen) atoms. The Balaban J connectivity index is 1.73. The fourth-order valence-electron chi connectivity index (χ4n) is 2.19. The van der Waals surface area contributed by atoms with Gasteiger partial charge in [-0.25, -0.2) is 0 Å². The highest BCUT2D eigenvalue weighted by Gasteiger charge is 2.15. The molecule has 5 heteroatoms. The highest BCUT2D eigenvalue weighted by molar-refractivity contribution is 7.12. The van der Waals surface area contributed by atoms with E-state index < -0.39 is 0 Å². The van der Waals surface area contributed by atoms with E-state index in [0.29, 0.717) is 13.1 Å². The molecule has 0 fully saturated rings. The summed E-state index contributed by atoms with van der Waals surface area (Å²) in [5, 5.41) is 0. The number of rotatable bonds is 6. The molecule has 0 radical (unpaired) electrons. The molecular formula is C18H17NO3S. The van der Waals surface area contributed by atoms with Crippen molar-refractivity contribution in [2.75, 3.05) is 0 Å². The lowest BCUT2D eigenvalue weighted by Crippen LogP contribution is -2.28. The number of aryl methyl sites for hydroxylation is 1. The Bertz CT molecular complexity index is 733. The maximum absolute atomic E-state index is 12.5. The van der Waals surface area contributed by atoms with Gasteiger partial charge in [0.15, 0.2) is 0 Å². The summed E-state index contributed by atoms with van der Waals surface area (Å²) < 4.78 is 10.7. The molecular weight excluding hydrogens is 310 g/mol. The van der Waals surface area contributed by atoms with E-state index >= 15 is 0 Å². The minimum atomic E-state index is -0.0798. The Kier molecular flexibility index (Phi) is 4.78. The molecule has 0 bridgehead atoms. The number of nitrogens with zero attached hydrogens (tertiary/aromatic N) is 1. The van der Waals surface area contributed by atoms with Gasteiger partial charge in [0.25, 0.3) is 0 Å². The molecule has 0 spiro atoms. The van der Waals surface area contributed by atoms with Crippen LogP contribution in [0.1, 0.15) is 21.3 Å². The third-order valence-electron chi connectivity index (χ3n) is 3.32. The van der Waals surface area contributed by atoms with Crippen LogP contribution in [-0.4, -0.2) is 10.8 Å². The van der Waals surface area contributed by atoms with Gasteiger partial charge in [0, 0.05) is 15.8 Å². The zero-order chi connectivity index (χ0) is 16.1. The topological polar surface area (TPSA) is 46.6 Å². The van der Waals surface area contributed by atoms with Crippen LogP contribution in [0.25, 0.3) is 6.08 Å². The van der Waals surface area contributed by atoms with Crippen LogP contribution in [0.4, 0.5) is 0 Å². The van der Waals surface area contributed by atoms with Crippen molar-refractivity contribution in [1.29, 1.82) is 0 Å². The van der Waals surface area contributed by atoms with Crippen molar-refractivity contribution in [2.45, 2.75) is 20.0 Å². The molecule has 0 N–H and O–H groups in total. The second kappa shape index (κ2) is 7.15. The van der Waals surface area contributed by atoms with Crippen molar-refractivity contribution >= 4 is 23.3 Å². The molecule has 1 amide bonds. The molecule has 118 valence electrons. The van der Waals surface area contributed by atoms with Crippen LogP contribution in [0.5, 0.6) is 0 Å². The highest BCUT2D eigenvalue weighted by atomic mass is 32.1. The number of hydrogen-bond donors (Lipinski definition) is 0. The van der Waals surface area contributed by atoms with E-state index in [1.165, 1.54) is 4.88 Å². The fourth-order valence-corrected chi connectivity index (χ4v) is 2.97. The number of amides is 1. The van der Waals surface area contributed by atoms with Gasteiger partial charge in [-0.15, -0.1) is 11.3 Å². The number of thiophene rings is 1. The Hall–Kier alpha value is -2.53. The lowest BCUT2D eigenvalue weighted by atomic mass is 10.3. The van der Waals surface area contributed by atoms with E-state index in [1.54, 1.807) is 34.8 Å². The van der Waals surface area contributed by atoms with Gasteiger partial charge in [-0.05, 0) is 49.4 Å². The van der Waals surface area contributed by atoms with E-state index in [2.05, 4.69) is 0 Å². The molecule has 0 atom stereocenters. The molecule has 0 aromatic carbocycles. The highest BCUT2D eigenvalue weighted by Crippen LogP contribution is 2.17. The van der Waals surface area contributed by atoms with Gasteiger partial charge in [0.1, 0.15) is 11.5 Å². The summed E-state index contributed by atoms with van der Waals surface area (Å²) in [6.07, 6.45) is 6.65. The van der Waals surface area contributed by atoms with Crippen LogP contribution in [0.15, 0.2) is 63.8 Å². The van der Waals surface area contributed by atoms with Gasteiger partial charge in [-0.3, -0.25) is 4.79 Å². The quantitative estimate of drug-likeness (QED) is 0.627. The minimum absolute atomic E-state index is 0.0798. The number of furan rings is 2. The molecule has 0 aliphatic heterocycles. The van der Waals surface area contributed by atoms with Crippen molar-refractivity contribution in [1.82, 2.24) is 4.90 Å². The first-order valence-corrected chi connectivity index (χ1v) is 8.10. The largest absolute Gasteiger partial charge is 0.467 e. The predicted octanol–water partition coefficient (Wildman–Crippen LogP) is 4.48. The third kappa shape index (κ3) is 4.23. The van der Waals surface area contributed by atoms with E-state index in [4.69, 9.17) is 8.83 Å². The van der Waals surface area contributed by atoms with E-state index in [0.717, 1.165) is 16.4 Å². The number of hydrogen-bond acceptors (Lipinski definition) is 4. The zero-order valence-electron chi connectivity index (χ0n) is 12.8. The maximum atomic E-state index is 12.5. The molecule has 3 aromatic rings. The van der Waals surface area contributed by atoms with Gasteiger partial charge < -0.3 is 13.7 Å². The summed E-state index contributed by atoms with van der Waals surface area (Å²) in [7, 11) is 0. The molecule has 0 aliphatic carbocycles. The molecule has 0 saturated carbocycles. The van der Waals surface area contributed by atoms with Crippen LogP contribution >= 0.6 is 11.3 Å². The van der Waals surface area contributed by atoms with Crippen LogP contribution in [0, 0.1) is 6.92 Å². The van der Waals surface area contributed by atoms with Crippen LogP contribution < -0.4 is 0 Å². The first-order valence-electron chi connectivity index (χ1n) is 7.29. The maximum Gasteiger partial charge on any atom is 0.247 e. The summed E-state index contributed by atoms with van der Waals surface area (Å²) in [5.41, 5.74) is 0. The Morgan fingerprint density at radius 1 is 1.09 bits per heavy atom. The summed E-state index contributed by atoms with van der Waals surface area (Å²) >= 11 is 1.66. The van der Waals surface area contributed by atoms with Gasteiger partial charge in [-0.1, -0.05) is 0 Å². The van der Waals surface area contributed by atoms with Crippen molar-refractivity contribution in [3.63, 3.8) is 0 Å². The molecule has 0 unspecified atom stereocenters. The number of carbonyl (C=O) groups is 1. The first-order chi connectivity index (χ1) is 11.2. The van der Waals surface area contributed by atoms with Gasteiger partial charge in [0.2, 0.25) is 5.91 Å². The Morgan fingerprint density at radius 2 is 1.74 bits per heavy atom. The average molecular weight is 327 g/mol. The van der Waals surface area contributed by atoms with Gasteiger partial charge in [-0.2, -0.15) is 0 Å². The molecule has 3 rings (SSSR count). The molecule has 4 nitrogen and oxygen atoms in total. The summed E-state index contributed by atoms with van der Waals surface area (Å²) in [4.78, 5) is 16.5. The molecule has 0 aliphatic rings. The Labute approximate surface area is 138 Å². The monoisotopic (exact) mass is 327 g/mol. The summed E-state index contributed by atoms with van der Waals surface area (Å²) in [6, 6.07) is 11.4. The zero-order valence-corrected chi connectivity index (χ0v) is 13.6. The predicted molar refractivity (Wildman–Crippen MR) is 89.8 cm³/mol. The summed E-state index contributed by atoms with van der Waals surface area (Å²) in [5.74, 6) is 1.40. The van der Waals surface area contributed by atoms with E-state index in [-0.39, 0.29) is 5.91 Å². The van der Waals surface area contributed by atoms with E-state index in [9.17, 15) is 4.79 Å². The summed E-state index contributed by atoms with van der Waals surface area (Å²) in [6.45, 7) is 2.85. The number of carbonyl (C=O) groups excluding carboxylic acids is 1. The standard InChI is InChI=1S/C18H17NO3S/c1-14-6-7-17(23-14)8-9-18(20)19(12-15-4-2-10-21-15)13-16-5-3-11-22-16/h2-11H,12-13H2,1H3/b9-8-. The second-order valence-electron chi connectivity index (χ2n) is 5.13. The molecule has 0 saturated heterocycles. The average Bonchev–Trinajstić information content (AvgIpc) is 3.27. The molecule has 3 aromatic heterocycles. The fraction of sp³-hybridized carbons (Fsp3) is 0.167. The van der Waals surface area contributed by atoms with Crippen LogP contribution in [0.2, 0.25) is 0 Å². The van der Waals surface area contributed by atoms with Gasteiger partial charge >= 0.3 is 0 Å². The van der Waals surface area contributed by atoms with Crippen LogP contribution in [-0.2, 0) is 17.9 Å². The van der Waals surface area contributed by atoms with E-state index in [1.807, 2.05) is 49.4 Å². The first kappa shape index (κ1) is 15.4. The van der Waals surface area contributed by atoms with Crippen molar-refractivity contribution < 1.29 is 13.6 Å². The van der Waals surface area contributed by atoms with Crippen molar-refractivity contribution in [3.05, 3.63) is 76.3 Å². The van der Waals surface area contributed by atoms with Crippen molar-refractivity contribution in [3.8, 4) is 0 Å². The van der Waals surface area contributed by atoms with Crippen LogP contribution in [0.3, 0.4) is 0 Å². The SMILES string of the molecule is Cc1ccc(/C=C\C(=O)N(Cc2ccco2)Cc2ccco2)s1. The normalized spacial score (nSPS) is 11.2. The van der Waals surface area contributed by atoms with Crippen molar-refractivity contribution in [2.24, 2.45) is 0 Å². The lowest BCUT2D eigenvalue weighted by Gasteiger charge is -2.18. The third-order valence-corrected chi connectivity index (χ3v) is 4.28. The van der Waals surface area contributed by atoms with Gasteiger partial charge in [0.05, 0.1) is 25.6 Å². The molecule has 3 heterocycles. The smallest absolute Gasteiger partial charge is 0.247 e. The minimum Gasteiger partial charge on any atom is -0.467 e. The second-order valence-corrected chi connectivity index (χ2v) is 6.45. The Morgan fingerprint density at radius 3 is 2.22 bits per heavy atom. The lowest BCUT2D eigenvalue weighted by molar-refractivity contribution is -0.127.